The Hall–Kier alpha value is -3.07. The molecular formula is C19H22N2O6S. The van der Waals surface area contributed by atoms with Crippen molar-refractivity contribution in [2.24, 2.45) is 0 Å². The lowest BCUT2D eigenvalue weighted by Gasteiger charge is -2.17. The molecule has 1 N–H and O–H groups in total. The van der Waals surface area contributed by atoms with Crippen LogP contribution in [0.5, 0.6) is 5.75 Å². The van der Waals surface area contributed by atoms with Crippen LogP contribution < -0.4 is 10.1 Å². The maximum Gasteiger partial charge on any atom is 0.423 e. The van der Waals surface area contributed by atoms with E-state index in [-0.39, 0.29) is 30.6 Å². The number of nitrogens with one attached hydrogen (secondary N) is 1. The summed E-state index contributed by atoms with van der Waals surface area (Å²) < 4.78 is 35.4. The maximum absolute atomic E-state index is 12.4. The highest BCUT2D eigenvalue weighted by molar-refractivity contribution is 7.89. The van der Waals surface area contributed by atoms with Crippen LogP contribution in [0.3, 0.4) is 0 Å². The van der Waals surface area contributed by atoms with Gasteiger partial charge in [0.2, 0.25) is 0 Å². The van der Waals surface area contributed by atoms with Crippen molar-refractivity contribution in [3.8, 4) is 5.75 Å². The fourth-order valence-electron chi connectivity index (χ4n) is 2.17. The van der Waals surface area contributed by atoms with Crippen molar-refractivity contribution in [1.29, 1.82) is 0 Å². The van der Waals surface area contributed by atoms with Crippen molar-refractivity contribution >= 4 is 22.0 Å². The SMILES string of the molecule is CCOC(=O)N(C)S(=O)(=O)c1ccc(CNC(=O)COc2ccccc2)cc1. The summed E-state index contributed by atoms with van der Waals surface area (Å²) in [7, 11) is -2.86. The normalized spacial score (nSPS) is 10.8. The lowest BCUT2D eigenvalue weighted by molar-refractivity contribution is -0.123. The largest absolute Gasteiger partial charge is 0.484 e. The van der Waals surface area contributed by atoms with Gasteiger partial charge < -0.3 is 14.8 Å². The first-order valence-electron chi connectivity index (χ1n) is 8.53. The van der Waals surface area contributed by atoms with Gasteiger partial charge in [-0.25, -0.2) is 17.5 Å². The van der Waals surface area contributed by atoms with Gasteiger partial charge in [0, 0.05) is 13.6 Å². The van der Waals surface area contributed by atoms with Crippen molar-refractivity contribution in [2.75, 3.05) is 20.3 Å². The summed E-state index contributed by atoms with van der Waals surface area (Å²) in [6.07, 6.45) is -0.947. The minimum absolute atomic E-state index is 0.0504. The molecule has 2 rings (SSSR count). The summed E-state index contributed by atoms with van der Waals surface area (Å²) >= 11 is 0. The molecule has 0 aliphatic rings. The van der Waals surface area contributed by atoms with Crippen LogP contribution in [0, 0.1) is 0 Å². The van der Waals surface area contributed by atoms with Crippen LogP contribution in [0.15, 0.2) is 59.5 Å². The third-order valence-electron chi connectivity index (χ3n) is 3.71. The molecule has 2 aromatic carbocycles. The zero-order valence-corrected chi connectivity index (χ0v) is 16.4. The van der Waals surface area contributed by atoms with Crippen molar-refractivity contribution in [3.63, 3.8) is 0 Å². The molecule has 0 aliphatic carbocycles. The number of sulfonamides is 1. The molecule has 0 aliphatic heterocycles. The average Bonchev–Trinajstić information content (AvgIpc) is 2.71. The van der Waals surface area contributed by atoms with Crippen molar-refractivity contribution in [2.45, 2.75) is 18.4 Å². The van der Waals surface area contributed by atoms with E-state index in [1.54, 1.807) is 31.2 Å². The van der Waals surface area contributed by atoms with E-state index >= 15 is 0 Å². The van der Waals surface area contributed by atoms with E-state index in [2.05, 4.69) is 5.32 Å². The summed E-state index contributed by atoms with van der Waals surface area (Å²) in [5.41, 5.74) is 0.700. The van der Waals surface area contributed by atoms with Crippen molar-refractivity contribution in [1.82, 2.24) is 9.62 Å². The highest BCUT2D eigenvalue weighted by Crippen LogP contribution is 2.16. The molecule has 0 aromatic heterocycles. The Labute approximate surface area is 164 Å². The molecule has 0 saturated carbocycles. The molecule has 0 fully saturated rings. The number of amides is 2. The minimum atomic E-state index is -4.00. The molecule has 0 spiro atoms. The van der Waals surface area contributed by atoms with Gasteiger partial charge in [-0.05, 0) is 36.8 Å². The predicted octanol–water partition coefficient (Wildman–Crippen LogP) is 2.16. The number of benzene rings is 2. The molecule has 0 heterocycles. The summed E-state index contributed by atoms with van der Waals surface area (Å²) in [5, 5.41) is 2.69. The second-order valence-electron chi connectivity index (χ2n) is 5.69. The van der Waals surface area contributed by atoms with Gasteiger partial charge in [0.05, 0.1) is 11.5 Å². The zero-order valence-electron chi connectivity index (χ0n) is 15.6. The van der Waals surface area contributed by atoms with E-state index in [1.807, 2.05) is 18.2 Å². The summed E-state index contributed by atoms with van der Waals surface area (Å²) in [4.78, 5) is 23.4. The molecule has 0 unspecified atom stereocenters. The second kappa shape index (κ2) is 9.75. The first-order chi connectivity index (χ1) is 13.3. The molecule has 8 nitrogen and oxygen atoms in total. The molecule has 0 radical (unpaired) electrons. The molecule has 0 bridgehead atoms. The number of para-hydroxylation sites is 1. The van der Waals surface area contributed by atoms with Gasteiger partial charge in [-0.15, -0.1) is 0 Å². The number of carbonyl (C=O) groups excluding carboxylic acids is 2. The Morgan fingerprint density at radius 1 is 1.04 bits per heavy atom. The number of rotatable bonds is 8. The van der Waals surface area contributed by atoms with E-state index in [0.717, 1.165) is 7.05 Å². The zero-order chi connectivity index (χ0) is 20.6. The van der Waals surface area contributed by atoms with Crippen LogP contribution in [0.25, 0.3) is 0 Å². The van der Waals surface area contributed by atoms with Gasteiger partial charge in [-0.3, -0.25) is 4.79 Å². The number of hydrogen-bond acceptors (Lipinski definition) is 6. The predicted molar refractivity (Wildman–Crippen MR) is 102 cm³/mol. The fraction of sp³-hybridized carbons (Fsp3) is 0.263. The van der Waals surface area contributed by atoms with Crippen molar-refractivity contribution in [3.05, 3.63) is 60.2 Å². The molecule has 2 amide bonds. The molecule has 9 heteroatoms. The van der Waals surface area contributed by atoms with Gasteiger partial charge in [0.15, 0.2) is 6.61 Å². The average molecular weight is 406 g/mol. The summed E-state index contributed by atoms with van der Waals surface area (Å²) in [6.45, 7) is 1.75. The highest BCUT2D eigenvalue weighted by Gasteiger charge is 2.26. The Kier molecular flexibility index (Phi) is 7.39. The van der Waals surface area contributed by atoms with E-state index in [0.29, 0.717) is 15.6 Å². The standard InChI is InChI=1S/C19H22N2O6S/c1-3-26-19(23)21(2)28(24,25)17-11-9-15(10-12-17)13-20-18(22)14-27-16-7-5-4-6-8-16/h4-12H,3,13-14H2,1-2H3,(H,20,22). The third kappa shape index (κ3) is 5.71. The first kappa shape index (κ1) is 21.2. The van der Waals surface area contributed by atoms with Crippen molar-refractivity contribution < 1.29 is 27.5 Å². The van der Waals surface area contributed by atoms with E-state index in [1.165, 1.54) is 12.1 Å². The second-order valence-corrected chi connectivity index (χ2v) is 7.66. The number of ether oxygens (including phenoxy) is 2. The van der Waals surface area contributed by atoms with Gasteiger partial charge in [0.1, 0.15) is 5.75 Å². The Morgan fingerprint density at radius 3 is 2.29 bits per heavy atom. The fourth-order valence-corrected chi connectivity index (χ4v) is 3.21. The minimum Gasteiger partial charge on any atom is -0.484 e. The molecule has 150 valence electrons. The maximum atomic E-state index is 12.4. The van der Waals surface area contributed by atoms with Gasteiger partial charge in [-0.1, -0.05) is 30.3 Å². The Balaban J connectivity index is 1.90. The van der Waals surface area contributed by atoms with Crippen LogP contribution in [0.4, 0.5) is 4.79 Å². The van der Waals surface area contributed by atoms with Gasteiger partial charge >= 0.3 is 6.09 Å². The highest BCUT2D eigenvalue weighted by atomic mass is 32.2. The topological polar surface area (TPSA) is 102 Å². The lowest BCUT2D eigenvalue weighted by atomic mass is 10.2. The Bertz CT molecular complexity index is 898. The van der Waals surface area contributed by atoms with Crippen LogP contribution in [-0.2, 0) is 26.1 Å². The van der Waals surface area contributed by atoms with Crippen LogP contribution in [-0.4, -0.2) is 45.0 Å². The number of carbonyl (C=O) groups is 2. The monoisotopic (exact) mass is 406 g/mol. The Morgan fingerprint density at radius 2 is 1.68 bits per heavy atom. The van der Waals surface area contributed by atoms with Crippen LogP contribution in [0.2, 0.25) is 0 Å². The number of hydrogen-bond donors (Lipinski definition) is 1. The molecular weight excluding hydrogens is 384 g/mol. The third-order valence-corrected chi connectivity index (χ3v) is 5.45. The van der Waals surface area contributed by atoms with E-state index in [9.17, 15) is 18.0 Å². The van der Waals surface area contributed by atoms with Gasteiger partial charge in [-0.2, -0.15) is 0 Å². The molecule has 2 aromatic rings. The molecule has 0 atom stereocenters. The van der Waals surface area contributed by atoms with Crippen LogP contribution in [0.1, 0.15) is 12.5 Å². The summed E-state index contributed by atoms with van der Waals surface area (Å²) in [6, 6.07) is 14.8. The lowest BCUT2D eigenvalue weighted by Crippen LogP contribution is -2.33. The number of nitrogens with zero attached hydrogens (tertiary/aromatic N) is 1. The van der Waals surface area contributed by atoms with E-state index < -0.39 is 16.1 Å². The van der Waals surface area contributed by atoms with Gasteiger partial charge in [0.25, 0.3) is 15.9 Å². The summed E-state index contributed by atoms with van der Waals surface area (Å²) in [5.74, 6) is 0.292. The molecule has 0 saturated heterocycles. The first-order valence-corrected chi connectivity index (χ1v) is 9.97. The quantitative estimate of drug-likeness (QED) is 0.721. The van der Waals surface area contributed by atoms with Crippen LogP contribution >= 0.6 is 0 Å². The van der Waals surface area contributed by atoms with E-state index in [4.69, 9.17) is 9.47 Å². The molecule has 28 heavy (non-hydrogen) atoms. The smallest absolute Gasteiger partial charge is 0.423 e.